The van der Waals surface area contributed by atoms with E-state index in [-0.39, 0.29) is 5.78 Å². The molecule has 2 rings (SSSR count). The number of carbonyl (C=O) groups is 1. The normalized spacial score (nSPS) is 20.5. The first-order chi connectivity index (χ1) is 6.53. The average molecular weight is 209 g/mol. The van der Waals surface area contributed by atoms with E-state index in [0.29, 0.717) is 5.92 Å². The molecule has 1 heterocycles. The van der Waals surface area contributed by atoms with Crippen molar-refractivity contribution in [3.8, 4) is 0 Å². The molecule has 2 N–H and O–H groups in total. The molecule has 0 radical (unpaired) electrons. The van der Waals surface area contributed by atoms with Crippen LogP contribution < -0.4 is 5.73 Å². The van der Waals surface area contributed by atoms with Crippen LogP contribution in [-0.4, -0.2) is 11.3 Å². The van der Waals surface area contributed by atoms with E-state index >= 15 is 0 Å². The topological polar surface area (TPSA) is 43.1 Å². The minimum absolute atomic E-state index is 0.118. The van der Waals surface area contributed by atoms with E-state index in [1.165, 1.54) is 11.3 Å². The van der Waals surface area contributed by atoms with E-state index in [4.69, 9.17) is 5.73 Å². The summed E-state index contributed by atoms with van der Waals surface area (Å²) in [6.07, 6.45) is 2.20. The Kier molecular flexibility index (Phi) is 2.24. The first-order valence-corrected chi connectivity index (χ1v) is 5.79. The number of hydrogen-bond donors (Lipinski definition) is 1. The van der Waals surface area contributed by atoms with Crippen LogP contribution in [0.3, 0.4) is 0 Å². The average Bonchev–Trinajstić information content (AvgIpc) is 2.89. The molecule has 1 unspecified atom stereocenters. The zero-order valence-electron chi connectivity index (χ0n) is 8.54. The fraction of sp³-hybridized carbons (Fsp3) is 0.545. The van der Waals surface area contributed by atoms with E-state index in [0.717, 1.165) is 23.3 Å². The number of hydrogen-bond acceptors (Lipinski definition) is 3. The lowest BCUT2D eigenvalue weighted by Crippen LogP contribution is -2.47. The molecule has 14 heavy (non-hydrogen) atoms. The Morgan fingerprint density at radius 2 is 2.29 bits per heavy atom. The van der Waals surface area contributed by atoms with Crippen molar-refractivity contribution in [1.82, 2.24) is 0 Å². The molecule has 0 amide bonds. The van der Waals surface area contributed by atoms with Gasteiger partial charge < -0.3 is 5.73 Å². The van der Waals surface area contributed by atoms with Crippen molar-refractivity contribution < 1.29 is 4.79 Å². The summed E-state index contributed by atoms with van der Waals surface area (Å²) < 4.78 is 0. The summed E-state index contributed by atoms with van der Waals surface area (Å²) in [5.41, 5.74) is 6.49. The molecular weight excluding hydrogens is 194 g/mol. The first-order valence-electron chi connectivity index (χ1n) is 4.91. The van der Waals surface area contributed by atoms with Gasteiger partial charge in [0.1, 0.15) is 0 Å². The quantitative estimate of drug-likeness (QED) is 0.777. The highest BCUT2D eigenvalue weighted by Gasteiger charge is 2.44. The number of carbonyl (C=O) groups excluding carboxylic acids is 1. The number of Topliss-reactive ketones (excluding diaryl/α,β-unsaturated/α-hetero) is 1. The zero-order chi connectivity index (χ0) is 10.3. The second-order valence-electron chi connectivity index (χ2n) is 4.32. The van der Waals surface area contributed by atoms with E-state index < -0.39 is 5.54 Å². The lowest BCUT2D eigenvalue weighted by molar-refractivity contribution is 0.0887. The third-order valence-electron chi connectivity index (χ3n) is 2.98. The molecule has 0 aliphatic heterocycles. The molecule has 1 saturated carbocycles. The van der Waals surface area contributed by atoms with Gasteiger partial charge in [-0.15, -0.1) is 11.3 Å². The molecule has 76 valence electrons. The van der Waals surface area contributed by atoms with Gasteiger partial charge in [-0.3, -0.25) is 4.79 Å². The first kappa shape index (κ1) is 9.87. The Hall–Kier alpha value is -0.670. The van der Waals surface area contributed by atoms with Crippen molar-refractivity contribution in [3.05, 3.63) is 21.9 Å². The second kappa shape index (κ2) is 3.17. The summed E-state index contributed by atoms with van der Waals surface area (Å²) in [6.45, 7) is 3.83. The fourth-order valence-corrected chi connectivity index (χ4v) is 2.71. The van der Waals surface area contributed by atoms with Crippen molar-refractivity contribution in [1.29, 1.82) is 0 Å². The largest absolute Gasteiger partial charge is 0.319 e. The molecule has 1 fully saturated rings. The monoisotopic (exact) mass is 209 g/mol. The van der Waals surface area contributed by atoms with Gasteiger partial charge in [0.15, 0.2) is 5.78 Å². The Morgan fingerprint density at radius 1 is 1.64 bits per heavy atom. The van der Waals surface area contributed by atoms with Crippen LogP contribution in [0, 0.1) is 12.8 Å². The Labute approximate surface area is 88.1 Å². The predicted octanol–water partition coefficient (Wildman–Crippen LogP) is 2.37. The molecule has 0 bridgehead atoms. The van der Waals surface area contributed by atoms with Crippen molar-refractivity contribution in [3.63, 3.8) is 0 Å². The van der Waals surface area contributed by atoms with Crippen molar-refractivity contribution >= 4 is 17.1 Å². The number of aryl methyl sites for hydroxylation is 1. The number of nitrogens with two attached hydrogens (primary N) is 1. The Balaban J connectivity index is 2.27. The number of thiophene rings is 1. The molecule has 1 aromatic rings. The van der Waals surface area contributed by atoms with Crippen LogP contribution >= 0.6 is 11.3 Å². The molecule has 1 atom stereocenters. The molecular formula is C11H15NOS. The lowest BCUT2D eigenvalue weighted by Gasteiger charge is -2.22. The van der Waals surface area contributed by atoms with E-state index in [2.05, 4.69) is 0 Å². The Bertz CT molecular complexity index is 363. The highest BCUT2D eigenvalue weighted by molar-refractivity contribution is 7.12. The molecule has 1 aliphatic carbocycles. The molecule has 0 spiro atoms. The lowest BCUT2D eigenvalue weighted by atomic mass is 9.90. The summed E-state index contributed by atoms with van der Waals surface area (Å²) in [4.78, 5) is 13.0. The molecule has 0 aromatic carbocycles. The molecule has 3 heteroatoms. The zero-order valence-corrected chi connectivity index (χ0v) is 9.36. The summed E-state index contributed by atoms with van der Waals surface area (Å²) >= 11 is 1.50. The SMILES string of the molecule is Cc1ccsc1C(=O)C(C)(N)C1CC1. The van der Waals surface area contributed by atoms with Gasteiger partial charge in [-0.25, -0.2) is 0 Å². The van der Waals surface area contributed by atoms with Crippen LogP contribution in [0.4, 0.5) is 0 Å². The van der Waals surface area contributed by atoms with Crippen LogP contribution in [0.25, 0.3) is 0 Å². The highest BCUT2D eigenvalue weighted by atomic mass is 32.1. The maximum Gasteiger partial charge on any atom is 0.192 e. The molecule has 1 aromatic heterocycles. The van der Waals surface area contributed by atoms with Crippen LogP contribution in [0.5, 0.6) is 0 Å². The predicted molar refractivity (Wildman–Crippen MR) is 58.7 cm³/mol. The third kappa shape index (κ3) is 1.51. The minimum atomic E-state index is -0.643. The van der Waals surface area contributed by atoms with E-state index in [1.54, 1.807) is 0 Å². The van der Waals surface area contributed by atoms with Crippen LogP contribution in [-0.2, 0) is 0 Å². The van der Waals surface area contributed by atoms with Gasteiger partial charge in [0, 0.05) is 0 Å². The third-order valence-corrected chi connectivity index (χ3v) is 4.00. The number of rotatable bonds is 3. The van der Waals surface area contributed by atoms with Gasteiger partial charge in [-0.2, -0.15) is 0 Å². The van der Waals surface area contributed by atoms with Gasteiger partial charge in [0.2, 0.25) is 0 Å². The maximum absolute atomic E-state index is 12.1. The summed E-state index contributed by atoms with van der Waals surface area (Å²) in [5.74, 6) is 0.518. The van der Waals surface area contributed by atoms with Crippen molar-refractivity contribution in [2.24, 2.45) is 11.7 Å². The van der Waals surface area contributed by atoms with E-state index in [1.807, 2.05) is 25.3 Å². The van der Waals surface area contributed by atoms with Crippen LogP contribution in [0.15, 0.2) is 11.4 Å². The summed E-state index contributed by atoms with van der Waals surface area (Å²) in [7, 11) is 0. The minimum Gasteiger partial charge on any atom is -0.319 e. The highest BCUT2D eigenvalue weighted by Crippen LogP contribution is 2.40. The molecule has 0 saturated heterocycles. The summed E-state index contributed by atoms with van der Waals surface area (Å²) in [5, 5.41) is 1.95. The standard InChI is InChI=1S/C11H15NOS/c1-7-5-6-14-9(7)10(13)11(2,12)8-3-4-8/h5-6,8H,3-4,12H2,1-2H3. The summed E-state index contributed by atoms with van der Waals surface area (Å²) in [6, 6.07) is 1.97. The van der Waals surface area contributed by atoms with Gasteiger partial charge in [-0.1, -0.05) is 0 Å². The van der Waals surface area contributed by atoms with E-state index in [9.17, 15) is 4.79 Å². The Morgan fingerprint density at radius 3 is 2.71 bits per heavy atom. The smallest absolute Gasteiger partial charge is 0.192 e. The van der Waals surface area contributed by atoms with Gasteiger partial charge in [0.05, 0.1) is 10.4 Å². The second-order valence-corrected chi connectivity index (χ2v) is 5.23. The molecule has 1 aliphatic rings. The van der Waals surface area contributed by atoms with Crippen molar-refractivity contribution in [2.45, 2.75) is 32.2 Å². The van der Waals surface area contributed by atoms with Gasteiger partial charge >= 0.3 is 0 Å². The fourth-order valence-electron chi connectivity index (χ4n) is 1.72. The van der Waals surface area contributed by atoms with Gasteiger partial charge in [0.25, 0.3) is 0 Å². The van der Waals surface area contributed by atoms with Crippen LogP contribution in [0.1, 0.15) is 35.0 Å². The van der Waals surface area contributed by atoms with Crippen LogP contribution in [0.2, 0.25) is 0 Å². The van der Waals surface area contributed by atoms with Crippen molar-refractivity contribution in [2.75, 3.05) is 0 Å². The number of ketones is 1. The maximum atomic E-state index is 12.1. The molecule has 2 nitrogen and oxygen atoms in total. The van der Waals surface area contributed by atoms with Gasteiger partial charge in [-0.05, 0) is 49.6 Å².